The third-order valence-corrected chi connectivity index (χ3v) is 3.93. The van der Waals surface area contributed by atoms with E-state index < -0.39 is 0 Å². The lowest BCUT2D eigenvalue weighted by molar-refractivity contribution is 0.627. The van der Waals surface area contributed by atoms with Gasteiger partial charge in [-0.25, -0.2) is 19.0 Å². The van der Waals surface area contributed by atoms with Gasteiger partial charge in [0.1, 0.15) is 17.5 Å². The summed E-state index contributed by atoms with van der Waals surface area (Å²) in [7, 11) is 0. The van der Waals surface area contributed by atoms with Gasteiger partial charge < -0.3 is 4.90 Å². The summed E-state index contributed by atoms with van der Waals surface area (Å²) in [4.78, 5) is 11.4. The molecule has 0 aliphatic heterocycles. The summed E-state index contributed by atoms with van der Waals surface area (Å²) >= 11 is 0. The molecule has 0 N–H and O–H groups in total. The van der Waals surface area contributed by atoms with Crippen LogP contribution in [0.3, 0.4) is 0 Å². The Kier molecular flexibility index (Phi) is 3.98. The quantitative estimate of drug-likeness (QED) is 0.740. The van der Waals surface area contributed by atoms with Crippen LogP contribution in [-0.2, 0) is 0 Å². The number of hydrogen-bond donors (Lipinski definition) is 0. The van der Waals surface area contributed by atoms with Crippen LogP contribution in [0.2, 0.25) is 0 Å². The summed E-state index contributed by atoms with van der Waals surface area (Å²) in [6.45, 7) is 9.77. The minimum atomic E-state index is -0.267. The molecule has 0 fully saturated rings. The van der Waals surface area contributed by atoms with Gasteiger partial charge in [0, 0.05) is 13.1 Å². The van der Waals surface area contributed by atoms with E-state index in [-0.39, 0.29) is 5.82 Å². The molecule has 0 saturated carbocycles. The fourth-order valence-corrected chi connectivity index (χ4v) is 2.78. The van der Waals surface area contributed by atoms with Gasteiger partial charge in [0.25, 0.3) is 0 Å². The molecule has 2 heterocycles. The van der Waals surface area contributed by atoms with Crippen LogP contribution in [0.15, 0.2) is 24.3 Å². The zero-order chi connectivity index (χ0) is 16.6. The molecule has 0 aliphatic rings. The second-order valence-corrected chi connectivity index (χ2v) is 5.44. The lowest BCUT2D eigenvalue weighted by Gasteiger charge is -2.21. The van der Waals surface area contributed by atoms with Crippen LogP contribution in [0, 0.1) is 19.7 Å². The lowest BCUT2D eigenvalue weighted by Crippen LogP contribution is -2.23. The van der Waals surface area contributed by atoms with Crippen LogP contribution in [0.5, 0.6) is 0 Å². The summed E-state index contributed by atoms with van der Waals surface area (Å²) in [5.74, 6) is 1.34. The van der Waals surface area contributed by atoms with Crippen molar-refractivity contribution < 1.29 is 4.39 Å². The van der Waals surface area contributed by atoms with Crippen molar-refractivity contribution in [3.05, 3.63) is 41.6 Å². The Morgan fingerprint density at radius 2 is 1.70 bits per heavy atom. The molecule has 5 nitrogen and oxygen atoms in total. The van der Waals surface area contributed by atoms with E-state index >= 15 is 0 Å². The van der Waals surface area contributed by atoms with Gasteiger partial charge in [0.15, 0.2) is 5.65 Å². The zero-order valence-corrected chi connectivity index (χ0v) is 13.8. The first-order valence-corrected chi connectivity index (χ1v) is 7.80. The predicted octanol–water partition coefficient (Wildman–Crippen LogP) is 3.42. The smallest absolute Gasteiger partial charge is 0.168 e. The normalized spacial score (nSPS) is 11.2. The summed E-state index contributed by atoms with van der Waals surface area (Å²) in [5.41, 5.74) is 2.41. The molecule has 0 atom stereocenters. The Bertz CT molecular complexity index is 834. The summed E-state index contributed by atoms with van der Waals surface area (Å²) < 4.78 is 14.9. The van der Waals surface area contributed by atoms with Gasteiger partial charge in [-0.2, -0.15) is 5.10 Å². The van der Waals surface area contributed by atoms with E-state index in [1.54, 1.807) is 16.8 Å². The number of halogens is 1. The first-order chi connectivity index (χ1) is 11.0. The molecule has 0 unspecified atom stereocenters. The highest BCUT2D eigenvalue weighted by molar-refractivity contribution is 5.90. The third kappa shape index (κ3) is 2.65. The van der Waals surface area contributed by atoms with E-state index in [0.29, 0.717) is 5.82 Å². The number of nitrogens with zero attached hydrogens (tertiary/aromatic N) is 5. The Morgan fingerprint density at radius 1 is 1.04 bits per heavy atom. The van der Waals surface area contributed by atoms with Gasteiger partial charge >= 0.3 is 0 Å². The molecule has 3 aromatic rings. The molecule has 6 heteroatoms. The number of rotatable bonds is 4. The van der Waals surface area contributed by atoms with Crippen LogP contribution in [0.25, 0.3) is 16.7 Å². The van der Waals surface area contributed by atoms with E-state index in [1.165, 1.54) is 12.1 Å². The molecular formula is C17H20FN5. The number of aromatic nitrogens is 4. The van der Waals surface area contributed by atoms with Gasteiger partial charge in [-0.15, -0.1) is 0 Å². The van der Waals surface area contributed by atoms with E-state index in [4.69, 9.17) is 0 Å². The minimum absolute atomic E-state index is 0.267. The van der Waals surface area contributed by atoms with Crippen molar-refractivity contribution >= 4 is 16.9 Å². The second-order valence-electron chi connectivity index (χ2n) is 5.44. The molecule has 0 aliphatic carbocycles. The van der Waals surface area contributed by atoms with Crippen molar-refractivity contribution in [3.63, 3.8) is 0 Å². The summed E-state index contributed by atoms with van der Waals surface area (Å²) in [5, 5.41) is 5.56. The maximum absolute atomic E-state index is 13.2. The SMILES string of the molecule is CCN(CC)c1nc(C)nc2c1c(C)nn2-c1ccc(F)cc1. The second kappa shape index (κ2) is 5.95. The largest absolute Gasteiger partial charge is 0.356 e. The third-order valence-electron chi connectivity index (χ3n) is 3.93. The van der Waals surface area contributed by atoms with Crippen LogP contribution < -0.4 is 4.90 Å². The topological polar surface area (TPSA) is 46.8 Å². The maximum atomic E-state index is 13.2. The summed E-state index contributed by atoms with van der Waals surface area (Å²) in [6, 6.07) is 6.26. The summed E-state index contributed by atoms with van der Waals surface area (Å²) in [6.07, 6.45) is 0. The monoisotopic (exact) mass is 313 g/mol. The van der Waals surface area contributed by atoms with Gasteiger partial charge in [-0.05, 0) is 52.0 Å². The van der Waals surface area contributed by atoms with Gasteiger partial charge in [0.2, 0.25) is 0 Å². The molecule has 0 amide bonds. The van der Waals surface area contributed by atoms with Crippen LogP contribution >= 0.6 is 0 Å². The van der Waals surface area contributed by atoms with E-state index in [9.17, 15) is 4.39 Å². The average Bonchev–Trinajstić information content (AvgIpc) is 2.86. The fraction of sp³-hybridized carbons (Fsp3) is 0.353. The fourth-order valence-electron chi connectivity index (χ4n) is 2.78. The molecule has 1 aromatic carbocycles. The maximum Gasteiger partial charge on any atom is 0.168 e. The number of benzene rings is 1. The van der Waals surface area contributed by atoms with Crippen molar-refractivity contribution in [2.75, 3.05) is 18.0 Å². The number of anilines is 1. The number of fused-ring (bicyclic) bond motifs is 1. The van der Waals surface area contributed by atoms with Crippen molar-refractivity contribution in [3.8, 4) is 5.69 Å². The number of hydrogen-bond acceptors (Lipinski definition) is 4. The molecule has 2 aromatic heterocycles. The Labute approximate surface area is 134 Å². The van der Waals surface area contributed by atoms with Crippen molar-refractivity contribution in [2.24, 2.45) is 0 Å². The van der Waals surface area contributed by atoms with Gasteiger partial charge in [-0.3, -0.25) is 0 Å². The molecule has 0 spiro atoms. The minimum Gasteiger partial charge on any atom is -0.356 e. The highest BCUT2D eigenvalue weighted by Crippen LogP contribution is 2.28. The van der Waals surface area contributed by atoms with Gasteiger partial charge in [-0.1, -0.05) is 0 Å². The Balaban J connectivity index is 2.28. The highest BCUT2D eigenvalue weighted by atomic mass is 19.1. The van der Waals surface area contributed by atoms with E-state index in [0.717, 1.165) is 41.3 Å². The Hall–Kier alpha value is -2.50. The zero-order valence-electron chi connectivity index (χ0n) is 13.8. The predicted molar refractivity (Wildman–Crippen MR) is 89.7 cm³/mol. The van der Waals surface area contributed by atoms with Crippen LogP contribution in [0.1, 0.15) is 25.4 Å². The lowest BCUT2D eigenvalue weighted by atomic mass is 10.2. The van der Waals surface area contributed by atoms with E-state index in [2.05, 4.69) is 33.8 Å². The molecular weight excluding hydrogens is 293 g/mol. The first kappa shape index (κ1) is 15.4. The Morgan fingerprint density at radius 3 is 2.30 bits per heavy atom. The van der Waals surface area contributed by atoms with Crippen molar-refractivity contribution in [1.29, 1.82) is 0 Å². The average molecular weight is 313 g/mol. The van der Waals surface area contributed by atoms with Crippen molar-refractivity contribution in [1.82, 2.24) is 19.7 Å². The molecule has 23 heavy (non-hydrogen) atoms. The van der Waals surface area contributed by atoms with Crippen molar-refractivity contribution in [2.45, 2.75) is 27.7 Å². The van der Waals surface area contributed by atoms with E-state index in [1.807, 2.05) is 13.8 Å². The first-order valence-electron chi connectivity index (χ1n) is 7.80. The molecule has 120 valence electrons. The molecule has 3 rings (SSSR count). The molecule has 0 saturated heterocycles. The molecule has 0 radical (unpaired) electrons. The standard InChI is InChI=1S/C17H20FN5/c1-5-22(6-2)16-15-11(3)21-23(17(15)20-12(4)19-16)14-9-7-13(18)8-10-14/h7-10H,5-6H2,1-4H3. The van der Waals surface area contributed by atoms with Gasteiger partial charge in [0.05, 0.1) is 16.8 Å². The highest BCUT2D eigenvalue weighted by Gasteiger charge is 2.19. The number of aryl methyl sites for hydroxylation is 2. The molecule has 0 bridgehead atoms. The van der Waals surface area contributed by atoms with Crippen LogP contribution in [-0.4, -0.2) is 32.8 Å². The van der Waals surface area contributed by atoms with Crippen LogP contribution in [0.4, 0.5) is 10.2 Å².